The van der Waals surface area contributed by atoms with Gasteiger partial charge in [0, 0.05) is 38.9 Å². The smallest absolute Gasteiger partial charge is 0.155 e. The molecule has 6 nitrogen and oxygen atoms in total. The van der Waals surface area contributed by atoms with Gasteiger partial charge in [0.15, 0.2) is 5.84 Å². The molecular weight excluding hydrogens is 379 g/mol. The Balaban J connectivity index is 1.78. The fraction of sp³-hybridized carbons (Fsp3) is 0.478. The molecule has 1 aliphatic heterocycles. The number of hydrogen-bond donors (Lipinski definition) is 2. The molecule has 0 radical (unpaired) electrons. The zero-order valence-corrected chi connectivity index (χ0v) is 18.5. The fourth-order valence-corrected chi connectivity index (χ4v) is 4.07. The number of hydrogen-bond acceptors (Lipinski definition) is 5. The van der Waals surface area contributed by atoms with Gasteiger partial charge in [-0.05, 0) is 55.0 Å². The fourth-order valence-electron chi connectivity index (χ4n) is 4.07. The highest BCUT2D eigenvalue weighted by atomic mass is 19.1. The van der Waals surface area contributed by atoms with Crippen LogP contribution >= 0.6 is 0 Å². The molecule has 30 heavy (non-hydrogen) atoms. The molecule has 0 aliphatic carbocycles. The minimum Gasteiger partial charge on any atom is -0.382 e. The Labute approximate surface area is 178 Å². The number of hydrazone groups is 1. The van der Waals surface area contributed by atoms with E-state index in [0.717, 1.165) is 56.1 Å². The van der Waals surface area contributed by atoms with Crippen LogP contribution in [0.15, 0.2) is 29.5 Å². The van der Waals surface area contributed by atoms with Gasteiger partial charge >= 0.3 is 0 Å². The van der Waals surface area contributed by atoms with Crippen LogP contribution < -0.4 is 16.5 Å². The first kappa shape index (κ1) is 22.0. The number of amidine groups is 1. The Bertz CT molecular complexity index is 916. The van der Waals surface area contributed by atoms with E-state index in [9.17, 15) is 4.39 Å². The molecule has 0 unspecified atom stereocenters. The average Bonchev–Trinajstić information content (AvgIpc) is 2.69. The first-order valence-electron chi connectivity index (χ1n) is 10.5. The van der Waals surface area contributed by atoms with Crippen molar-refractivity contribution in [2.45, 2.75) is 40.7 Å². The summed E-state index contributed by atoms with van der Waals surface area (Å²) in [6, 6.07) is 5.76. The third-order valence-corrected chi connectivity index (χ3v) is 5.58. The first-order chi connectivity index (χ1) is 14.3. The van der Waals surface area contributed by atoms with Crippen LogP contribution in [-0.2, 0) is 13.0 Å². The van der Waals surface area contributed by atoms with Gasteiger partial charge in [-0.25, -0.2) is 4.39 Å². The van der Waals surface area contributed by atoms with Gasteiger partial charge in [0.05, 0.1) is 16.9 Å². The molecule has 4 N–H and O–H groups in total. The monoisotopic (exact) mass is 412 g/mol. The van der Waals surface area contributed by atoms with Gasteiger partial charge in [-0.3, -0.25) is 9.88 Å². The van der Waals surface area contributed by atoms with Gasteiger partial charge in [-0.15, -0.1) is 0 Å². The van der Waals surface area contributed by atoms with Gasteiger partial charge in [0.1, 0.15) is 5.82 Å². The lowest BCUT2D eigenvalue weighted by Crippen LogP contribution is -2.46. The van der Waals surface area contributed by atoms with Crippen molar-refractivity contribution >= 4 is 11.5 Å². The molecule has 1 saturated heterocycles. The van der Waals surface area contributed by atoms with Crippen molar-refractivity contribution in [2.24, 2.45) is 22.6 Å². The number of nitrogens with two attached hydrogens (primary N) is 2. The second-order valence-electron chi connectivity index (χ2n) is 8.62. The second-order valence-corrected chi connectivity index (χ2v) is 8.62. The summed E-state index contributed by atoms with van der Waals surface area (Å²) in [5, 5.41) is 3.56. The summed E-state index contributed by atoms with van der Waals surface area (Å²) < 4.78 is 14.9. The average molecular weight is 413 g/mol. The number of benzene rings is 1. The lowest BCUT2D eigenvalue weighted by Gasteiger charge is -2.37. The van der Waals surface area contributed by atoms with Crippen molar-refractivity contribution in [1.82, 2.24) is 9.88 Å². The number of anilines is 1. The van der Waals surface area contributed by atoms with E-state index in [1.165, 1.54) is 11.1 Å². The molecule has 7 heteroatoms. The third kappa shape index (κ3) is 5.08. The standard InChI is InChI=1S/C23H33FN6/c1-15(2)9-18-11-19(24)22(23(25)28-26)21(12-18)30-7-5-29(6-8-30)14-20-17(4)10-16(3)13-27-20/h10-13,15H,5-9,14,26H2,1-4H3,(H2,25,28). The van der Waals surface area contributed by atoms with Gasteiger partial charge in [-0.2, -0.15) is 5.10 Å². The van der Waals surface area contributed by atoms with Gasteiger partial charge in [0.25, 0.3) is 0 Å². The molecule has 3 rings (SSSR count). The Hall–Kier alpha value is -2.67. The quantitative estimate of drug-likeness (QED) is 0.330. The number of aryl methyl sites for hydroxylation is 2. The zero-order chi connectivity index (χ0) is 21.8. The van der Waals surface area contributed by atoms with Crippen molar-refractivity contribution in [3.63, 3.8) is 0 Å². The van der Waals surface area contributed by atoms with E-state index >= 15 is 0 Å². The van der Waals surface area contributed by atoms with Crippen molar-refractivity contribution in [1.29, 1.82) is 0 Å². The summed E-state index contributed by atoms with van der Waals surface area (Å²) in [4.78, 5) is 9.17. The number of halogens is 1. The van der Waals surface area contributed by atoms with Crippen LogP contribution in [0.25, 0.3) is 0 Å². The maximum absolute atomic E-state index is 14.9. The summed E-state index contributed by atoms with van der Waals surface area (Å²) in [5.41, 5.74) is 11.5. The molecule has 1 aromatic carbocycles. The van der Waals surface area contributed by atoms with Gasteiger partial charge in [-0.1, -0.05) is 19.9 Å². The lowest BCUT2D eigenvalue weighted by molar-refractivity contribution is 0.246. The Morgan fingerprint density at radius 1 is 1.17 bits per heavy atom. The van der Waals surface area contributed by atoms with Crippen molar-refractivity contribution in [3.8, 4) is 0 Å². The minimum absolute atomic E-state index is 0.0282. The molecule has 0 atom stereocenters. The van der Waals surface area contributed by atoms with E-state index in [2.05, 4.69) is 53.6 Å². The SMILES string of the molecule is Cc1cnc(CN2CCN(c3cc(CC(C)C)cc(F)c3/C(N)=N/N)CC2)c(C)c1. The van der Waals surface area contributed by atoms with Crippen molar-refractivity contribution < 1.29 is 4.39 Å². The van der Waals surface area contributed by atoms with Crippen molar-refractivity contribution in [2.75, 3.05) is 31.1 Å². The maximum atomic E-state index is 14.9. The Kier molecular flexibility index (Phi) is 6.92. The van der Waals surface area contributed by atoms with Crippen LogP contribution in [0.4, 0.5) is 10.1 Å². The number of piperazine rings is 1. The largest absolute Gasteiger partial charge is 0.382 e. The molecule has 1 aliphatic rings. The van der Waals surface area contributed by atoms with E-state index in [0.29, 0.717) is 11.5 Å². The van der Waals surface area contributed by atoms with Crippen LogP contribution in [-0.4, -0.2) is 41.9 Å². The predicted molar refractivity (Wildman–Crippen MR) is 121 cm³/mol. The topological polar surface area (TPSA) is 83.8 Å². The number of pyridine rings is 1. The number of aromatic nitrogens is 1. The highest BCUT2D eigenvalue weighted by Crippen LogP contribution is 2.28. The summed E-state index contributed by atoms with van der Waals surface area (Å²) >= 11 is 0. The Morgan fingerprint density at radius 2 is 1.87 bits per heavy atom. The maximum Gasteiger partial charge on any atom is 0.155 e. The van der Waals surface area contributed by atoms with E-state index in [-0.39, 0.29) is 11.7 Å². The molecule has 162 valence electrons. The van der Waals surface area contributed by atoms with E-state index in [1.807, 2.05) is 12.3 Å². The van der Waals surface area contributed by atoms with Crippen LogP contribution in [0, 0.1) is 25.6 Å². The van der Waals surface area contributed by atoms with Crippen LogP contribution in [0.5, 0.6) is 0 Å². The molecule has 2 aromatic rings. The summed E-state index contributed by atoms with van der Waals surface area (Å²) in [6.07, 6.45) is 2.73. The van der Waals surface area contributed by atoms with Gasteiger partial charge < -0.3 is 16.5 Å². The Morgan fingerprint density at radius 3 is 2.47 bits per heavy atom. The van der Waals surface area contributed by atoms with E-state index in [4.69, 9.17) is 11.6 Å². The van der Waals surface area contributed by atoms with Crippen LogP contribution in [0.1, 0.15) is 41.8 Å². The second kappa shape index (κ2) is 9.43. The van der Waals surface area contributed by atoms with E-state index < -0.39 is 0 Å². The van der Waals surface area contributed by atoms with Crippen LogP contribution in [0.3, 0.4) is 0 Å². The molecule has 0 bridgehead atoms. The number of rotatable bonds is 6. The molecule has 0 amide bonds. The zero-order valence-electron chi connectivity index (χ0n) is 18.5. The molecule has 2 heterocycles. The molecule has 1 fully saturated rings. The summed E-state index contributed by atoms with van der Waals surface area (Å²) in [6.45, 7) is 12.5. The first-order valence-corrected chi connectivity index (χ1v) is 10.5. The molecule has 0 spiro atoms. The minimum atomic E-state index is -0.364. The summed E-state index contributed by atoms with van der Waals surface area (Å²) in [7, 11) is 0. The molecular formula is C23H33FN6. The molecule has 1 aromatic heterocycles. The highest BCUT2D eigenvalue weighted by Gasteiger charge is 2.24. The van der Waals surface area contributed by atoms with E-state index in [1.54, 1.807) is 6.07 Å². The number of nitrogens with zero attached hydrogens (tertiary/aromatic N) is 4. The molecule has 0 saturated carbocycles. The highest BCUT2D eigenvalue weighted by molar-refractivity contribution is 6.02. The summed E-state index contributed by atoms with van der Waals surface area (Å²) in [5.74, 6) is 5.49. The lowest BCUT2D eigenvalue weighted by atomic mass is 9.98. The normalized spacial score (nSPS) is 15.8. The third-order valence-electron chi connectivity index (χ3n) is 5.58. The van der Waals surface area contributed by atoms with Gasteiger partial charge in [0.2, 0.25) is 0 Å². The predicted octanol–water partition coefficient (Wildman–Crippen LogP) is 2.94. The van der Waals surface area contributed by atoms with Crippen molar-refractivity contribution in [3.05, 3.63) is 58.2 Å². The van der Waals surface area contributed by atoms with Crippen LogP contribution in [0.2, 0.25) is 0 Å².